The number of carbonyl (C=O) groups excluding carboxylic acids is 2. The molecule has 7 nitrogen and oxygen atoms in total. The van der Waals surface area contributed by atoms with Crippen molar-refractivity contribution in [1.29, 1.82) is 0 Å². The van der Waals surface area contributed by atoms with Crippen LogP contribution in [0.2, 0.25) is 0 Å². The Balaban J connectivity index is 1.79. The quantitative estimate of drug-likeness (QED) is 0.597. The van der Waals surface area contributed by atoms with Crippen molar-refractivity contribution in [2.45, 2.75) is 19.8 Å². The number of carbonyl (C=O) groups is 2. The standard InChI is InChI=1S/C18H20N4O3/c1-13(11-17(23)20-16-5-3-4-10-19-16)21-22-18(24)12-14-6-8-15(25-2)9-7-14/h3-10H,11-12H2,1-2H3,(H,22,24)(H,19,20,23)/b21-13+. The number of pyridine rings is 1. The predicted octanol–water partition coefficient (Wildman–Crippen LogP) is 2.15. The molecule has 0 aliphatic rings. The van der Waals surface area contributed by atoms with Crippen LogP contribution in [0.4, 0.5) is 5.82 Å². The van der Waals surface area contributed by atoms with E-state index in [9.17, 15) is 9.59 Å². The molecular weight excluding hydrogens is 320 g/mol. The second-order valence-corrected chi connectivity index (χ2v) is 5.35. The highest BCUT2D eigenvalue weighted by Gasteiger charge is 2.07. The Morgan fingerprint density at radius 2 is 1.88 bits per heavy atom. The van der Waals surface area contributed by atoms with Crippen molar-refractivity contribution in [3.63, 3.8) is 0 Å². The summed E-state index contributed by atoms with van der Waals surface area (Å²) in [6, 6.07) is 12.5. The van der Waals surface area contributed by atoms with Gasteiger partial charge in [-0.25, -0.2) is 10.4 Å². The number of ether oxygens (including phenoxy) is 1. The van der Waals surface area contributed by atoms with Gasteiger partial charge in [-0.05, 0) is 36.8 Å². The number of nitrogens with one attached hydrogen (secondary N) is 2. The van der Waals surface area contributed by atoms with Gasteiger partial charge in [0.1, 0.15) is 11.6 Å². The Bertz CT molecular complexity index is 743. The van der Waals surface area contributed by atoms with Crippen LogP contribution in [0, 0.1) is 0 Å². The fraction of sp³-hybridized carbons (Fsp3) is 0.222. The molecule has 25 heavy (non-hydrogen) atoms. The zero-order chi connectivity index (χ0) is 18.1. The van der Waals surface area contributed by atoms with Crippen LogP contribution in [-0.2, 0) is 16.0 Å². The van der Waals surface area contributed by atoms with Crippen LogP contribution in [0.1, 0.15) is 18.9 Å². The van der Waals surface area contributed by atoms with Crippen molar-refractivity contribution in [3.8, 4) is 5.75 Å². The summed E-state index contributed by atoms with van der Waals surface area (Å²) in [5.74, 6) is 0.708. The van der Waals surface area contributed by atoms with Crippen LogP contribution < -0.4 is 15.5 Å². The third-order valence-corrected chi connectivity index (χ3v) is 3.24. The lowest BCUT2D eigenvalue weighted by molar-refractivity contribution is -0.120. The lowest BCUT2D eigenvalue weighted by atomic mass is 10.1. The molecule has 0 atom stereocenters. The highest BCUT2D eigenvalue weighted by molar-refractivity contribution is 6.05. The summed E-state index contributed by atoms with van der Waals surface area (Å²) >= 11 is 0. The Hall–Kier alpha value is -3.22. The zero-order valence-corrected chi connectivity index (χ0v) is 14.2. The molecule has 0 spiro atoms. The lowest BCUT2D eigenvalue weighted by Crippen LogP contribution is -2.23. The van der Waals surface area contributed by atoms with E-state index in [-0.39, 0.29) is 24.7 Å². The van der Waals surface area contributed by atoms with Gasteiger partial charge in [0.2, 0.25) is 11.8 Å². The Morgan fingerprint density at radius 1 is 1.12 bits per heavy atom. The number of amides is 2. The van der Waals surface area contributed by atoms with E-state index in [0.29, 0.717) is 11.5 Å². The first-order valence-electron chi connectivity index (χ1n) is 7.72. The van der Waals surface area contributed by atoms with Gasteiger partial charge in [0.25, 0.3) is 0 Å². The third-order valence-electron chi connectivity index (χ3n) is 3.24. The Kier molecular flexibility index (Phi) is 6.65. The summed E-state index contributed by atoms with van der Waals surface area (Å²) < 4.78 is 5.07. The maximum absolute atomic E-state index is 11.9. The van der Waals surface area contributed by atoms with E-state index in [0.717, 1.165) is 11.3 Å². The molecule has 0 unspecified atom stereocenters. The average Bonchev–Trinajstić information content (AvgIpc) is 2.61. The van der Waals surface area contributed by atoms with Crippen LogP contribution in [0.5, 0.6) is 5.75 Å². The van der Waals surface area contributed by atoms with Crippen molar-refractivity contribution < 1.29 is 14.3 Å². The summed E-state index contributed by atoms with van der Waals surface area (Å²) in [6.45, 7) is 1.67. The summed E-state index contributed by atoms with van der Waals surface area (Å²) in [4.78, 5) is 27.8. The molecule has 1 aromatic carbocycles. The van der Waals surface area contributed by atoms with Gasteiger partial charge in [-0.15, -0.1) is 0 Å². The van der Waals surface area contributed by atoms with Crippen molar-refractivity contribution in [2.24, 2.45) is 5.10 Å². The van der Waals surface area contributed by atoms with Gasteiger partial charge < -0.3 is 10.1 Å². The number of aromatic nitrogens is 1. The van der Waals surface area contributed by atoms with E-state index >= 15 is 0 Å². The van der Waals surface area contributed by atoms with E-state index in [2.05, 4.69) is 20.8 Å². The van der Waals surface area contributed by atoms with Gasteiger partial charge in [0.15, 0.2) is 0 Å². The average molecular weight is 340 g/mol. The molecule has 1 aromatic heterocycles. The number of rotatable bonds is 7. The van der Waals surface area contributed by atoms with E-state index in [1.165, 1.54) is 0 Å². The molecule has 7 heteroatoms. The largest absolute Gasteiger partial charge is 0.497 e. The molecule has 1 heterocycles. The fourth-order valence-electron chi connectivity index (χ4n) is 2.02. The summed E-state index contributed by atoms with van der Waals surface area (Å²) in [5, 5.41) is 6.60. The zero-order valence-electron chi connectivity index (χ0n) is 14.2. The highest BCUT2D eigenvalue weighted by Crippen LogP contribution is 2.11. The Morgan fingerprint density at radius 3 is 2.52 bits per heavy atom. The molecule has 2 aromatic rings. The van der Waals surface area contributed by atoms with Gasteiger partial charge >= 0.3 is 0 Å². The molecule has 2 rings (SSSR count). The minimum absolute atomic E-state index is 0.0688. The lowest BCUT2D eigenvalue weighted by Gasteiger charge is -2.05. The Labute approximate surface area is 146 Å². The fourth-order valence-corrected chi connectivity index (χ4v) is 2.02. The normalized spacial score (nSPS) is 10.9. The molecule has 0 bridgehead atoms. The van der Waals surface area contributed by atoms with Crippen LogP contribution in [-0.4, -0.2) is 29.6 Å². The first-order chi connectivity index (χ1) is 12.1. The second-order valence-electron chi connectivity index (χ2n) is 5.35. The molecule has 0 saturated heterocycles. The topological polar surface area (TPSA) is 92.7 Å². The number of hydrazone groups is 1. The van der Waals surface area contributed by atoms with Gasteiger partial charge in [-0.3, -0.25) is 9.59 Å². The maximum atomic E-state index is 11.9. The molecule has 0 saturated carbocycles. The van der Waals surface area contributed by atoms with Gasteiger partial charge in [-0.1, -0.05) is 18.2 Å². The molecule has 0 radical (unpaired) electrons. The van der Waals surface area contributed by atoms with Crippen LogP contribution in [0.25, 0.3) is 0 Å². The highest BCUT2D eigenvalue weighted by atomic mass is 16.5. The first kappa shape index (κ1) is 18.1. The van der Waals surface area contributed by atoms with E-state index < -0.39 is 0 Å². The van der Waals surface area contributed by atoms with Crippen LogP contribution in [0.15, 0.2) is 53.8 Å². The molecule has 0 fully saturated rings. The number of anilines is 1. The van der Waals surface area contributed by atoms with E-state index in [1.54, 1.807) is 50.6 Å². The first-order valence-corrected chi connectivity index (χ1v) is 7.72. The molecular formula is C18H20N4O3. The molecule has 130 valence electrons. The van der Waals surface area contributed by atoms with Crippen LogP contribution >= 0.6 is 0 Å². The number of benzene rings is 1. The van der Waals surface area contributed by atoms with Gasteiger partial charge in [0, 0.05) is 11.9 Å². The van der Waals surface area contributed by atoms with Crippen molar-refractivity contribution in [2.75, 3.05) is 12.4 Å². The summed E-state index contributed by atoms with van der Waals surface area (Å²) in [6.07, 6.45) is 1.86. The molecule has 2 N–H and O–H groups in total. The number of hydrogen-bond acceptors (Lipinski definition) is 5. The molecule has 0 aliphatic carbocycles. The number of hydrogen-bond donors (Lipinski definition) is 2. The van der Waals surface area contributed by atoms with Crippen molar-refractivity contribution in [1.82, 2.24) is 10.4 Å². The molecule has 0 aliphatic heterocycles. The minimum Gasteiger partial charge on any atom is -0.497 e. The second kappa shape index (κ2) is 9.17. The predicted molar refractivity (Wildman–Crippen MR) is 95.4 cm³/mol. The number of nitrogens with zero attached hydrogens (tertiary/aromatic N) is 2. The van der Waals surface area contributed by atoms with Crippen LogP contribution in [0.3, 0.4) is 0 Å². The van der Waals surface area contributed by atoms with Crippen molar-refractivity contribution >= 4 is 23.3 Å². The molecule has 2 amide bonds. The monoisotopic (exact) mass is 340 g/mol. The minimum atomic E-state index is -0.255. The SMILES string of the molecule is COc1ccc(CC(=O)N/N=C(\C)CC(=O)Nc2ccccn2)cc1. The third kappa shape index (κ3) is 6.42. The maximum Gasteiger partial charge on any atom is 0.244 e. The van der Waals surface area contributed by atoms with Gasteiger partial charge in [-0.2, -0.15) is 5.10 Å². The van der Waals surface area contributed by atoms with E-state index in [4.69, 9.17) is 4.74 Å². The summed E-state index contributed by atoms with van der Waals surface area (Å²) in [7, 11) is 1.59. The van der Waals surface area contributed by atoms with Gasteiger partial charge in [0.05, 0.1) is 20.0 Å². The van der Waals surface area contributed by atoms with Crippen molar-refractivity contribution in [3.05, 3.63) is 54.2 Å². The van der Waals surface area contributed by atoms with E-state index in [1.807, 2.05) is 12.1 Å². The number of methoxy groups -OCH3 is 1. The smallest absolute Gasteiger partial charge is 0.244 e. The summed E-state index contributed by atoms with van der Waals surface area (Å²) in [5.41, 5.74) is 3.79.